The highest BCUT2D eigenvalue weighted by molar-refractivity contribution is 7.22. The van der Waals surface area contributed by atoms with Gasteiger partial charge < -0.3 is 9.47 Å². The lowest BCUT2D eigenvalue weighted by atomic mass is 10.1. The van der Waals surface area contributed by atoms with Crippen LogP contribution in [0.1, 0.15) is 18.1 Å². The van der Waals surface area contributed by atoms with Gasteiger partial charge in [0.1, 0.15) is 11.5 Å². The lowest BCUT2D eigenvalue weighted by Crippen LogP contribution is -2.07. The lowest BCUT2D eigenvalue weighted by Gasteiger charge is -2.05. The van der Waals surface area contributed by atoms with Gasteiger partial charge >= 0.3 is 0 Å². The summed E-state index contributed by atoms with van der Waals surface area (Å²) in [6.45, 7) is 4.55. The maximum absolute atomic E-state index is 12.2. The van der Waals surface area contributed by atoms with E-state index in [-0.39, 0.29) is 5.91 Å². The number of carbonyl (C=O) groups excluding carboxylic acids is 1. The van der Waals surface area contributed by atoms with Crippen LogP contribution in [0.4, 0.5) is 5.13 Å². The second kappa shape index (κ2) is 8.01. The Hall–Kier alpha value is -2.86. The molecule has 0 spiro atoms. The summed E-state index contributed by atoms with van der Waals surface area (Å²) in [6, 6.07) is 11.5. The molecule has 1 amide bonds. The molecule has 1 heterocycles. The standard InChI is InChI=1S/C20H20N2O3S/c1-4-25-15-7-8-16-18(12-15)26-20(21-16)22-19(23)10-6-14-11-13(2)5-9-17(14)24-3/h5-12H,4H2,1-3H3,(H,21,22,23)/b10-6+. The van der Waals surface area contributed by atoms with Crippen LogP contribution in [0.25, 0.3) is 16.3 Å². The van der Waals surface area contributed by atoms with Gasteiger partial charge in [0, 0.05) is 11.6 Å². The zero-order valence-electron chi connectivity index (χ0n) is 14.9. The highest BCUT2D eigenvalue weighted by Crippen LogP contribution is 2.29. The van der Waals surface area contributed by atoms with E-state index in [0.717, 1.165) is 32.8 Å². The van der Waals surface area contributed by atoms with Crippen molar-refractivity contribution in [2.45, 2.75) is 13.8 Å². The predicted octanol–water partition coefficient (Wildman–Crippen LogP) is 4.66. The second-order valence-corrected chi connectivity index (χ2v) is 6.68. The van der Waals surface area contributed by atoms with Gasteiger partial charge in [-0.15, -0.1) is 0 Å². The molecule has 0 atom stereocenters. The molecule has 3 rings (SSSR count). The molecule has 0 bridgehead atoms. The third kappa shape index (κ3) is 4.21. The summed E-state index contributed by atoms with van der Waals surface area (Å²) in [5.41, 5.74) is 2.79. The van der Waals surface area contributed by atoms with Gasteiger partial charge in [0.15, 0.2) is 5.13 Å². The number of nitrogens with zero attached hydrogens (tertiary/aromatic N) is 1. The molecule has 6 heteroatoms. The predicted molar refractivity (Wildman–Crippen MR) is 106 cm³/mol. The number of fused-ring (bicyclic) bond motifs is 1. The normalized spacial score (nSPS) is 11.0. The number of rotatable bonds is 6. The third-order valence-corrected chi connectivity index (χ3v) is 4.63. The van der Waals surface area contributed by atoms with Gasteiger partial charge in [-0.05, 0) is 50.3 Å². The van der Waals surface area contributed by atoms with Crippen molar-refractivity contribution in [3.05, 3.63) is 53.6 Å². The number of carbonyl (C=O) groups is 1. The Kier molecular flexibility index (Phi) is 5.53. The van der Waals surface area contributed by atoms with Crippen LogP contribution in [0, 0.1) is 6.92 Å². The molecule has 0 aliphatic carbocycles. The molecule has 134 valence electrons. The van der Waals surface area contributed by atoms with E-state index in [1.807, 2.05) is 50.2 Å². The van der Waals surface area contributed by atoms with E-state index >= 15 is 0 Å². The molecular formula is C20H20N2O3S. The zero-order valence-corrected chi connectivity index (χ0v) is 15.7. The van der Waals surface area contributed by atoms with E-state index in [1.54, 1.807) is 13.2 Å². The van der Waals surface area contributed by atoms with Gasteiger partial charge in [-0.2, -0.15) is 0 Å². The van der Waals surface area contributed by atoms with Crippen molar-refractivity contribution in [2.75, 3.05) is 19.0 Å². The van der Waals surface area contributed by atoms with Gasteiger partial charge in [0.2, 0.25) is 5.91 Å². The van der Waals surface area contributed by atoms with Crippen molar-refractivity contribution in [1.82, 2.24) is 4.98 Å². The first-order chi connectivity index (χ1) is 12.6. The van der Waals surface area contributed by atoms with Crippen molar-refractivity contribution in [3.63, 3.8) is 0 Å². The number of hydrogen-bond donors (Lipinski definition) is 1. The Bertz CT molecular complexity index is 963. The smallest absolute Gasteiger partial charge is 0.250 e. The maximum Gasteiger partial charge on any atom is 0.250 e. The monoisotopic (exact) mass is 368 g/mol. The molecule has 0 fully saturated rings. The lowest BCUT2D eigenvalue weighted by molar-refractivity contribution is -0.111. The first-order valence-corrected chi connectivity index (χ1v) is 9.08. The summed E-state index contributed by atoms with van der Waals surface area (Å²) in [7, 11) is 1.61. The summed E-state index contributed by atoms with van der Waals surface area (Å²) in [5, 5.41) is 3.36. The molecule has 0 aliphatic heterocycles. The highest BCUT2D eigenvalue weighted by Gasteiger charge is 2.08. The average Bonchev–Trinajstić information content (AvgIpc) is 3.01. The van der Waals surface area contributed by atoms with Crippen LogP contribution >= 0.6 is 11.3 Å². The summed E-state index contributed by atoms with van der Waals surface area (Å²) >= 11 is 1.42. The molecule has 1 N–H and O–H groups in total. The molecule has 5 nitrogen and oxygen atoms in total. The highest BCUT2D eigenvalue weighted by atomic mass is 32.1. The molecule has 1 aromatic heterocycles. The number of amides is 1. The van der Waals surface area contributed by atoms with E-state index in [9.17, 15) is 4.79 Å². The van der Waals surface area contributed by atoms with E-state index < -0.39 is 0 Å². The average molecular weight is 368 g/mol. The number of hydrogen-bond acceptors (Lipinski definition) is 5. The van der Waals surface area contributed by atoms with Gasteiger partial charge in [-0.3, -0.25) is 10.1 Å². The van der Waals surface area contributed by atoms with Gasteiger partial charge in [-0.25, -0.2) is 4.98 Å². The number of aromatic nitrogens is 1. The Balaban J connectivity index is 1.73. The number of anilines is 1. The Morgan fingerprint density at radius 2 is 2.12 bits per heavy atom. The van der Waals surface area contributed by atoms with Crippen LogP contribution < -0.4 is 14.8 Å². The van der Waals surface area contributed by atoms with Crippen LogP contribution in [-0.4, -0.2) is 24.6 Å². The zero-order chi connectivity index (χ0) is 18.5. The minimum atomic E-state index is -0.238. The number of thiazole rings is 1. The molecule has 0 radical (unpaired) electrons. The van der Waals surface area contributed by atoms with E-state index in [1.165, 1.54) is 17.4 Å². The van der Waals surface area contributed by atoms with Crippen LogP contribution in [0.5, 0.6) is 11.5 Å². The van der Waals surface area contributed by atoms with Crippen molar-refractivity contribution >= 4 is 38.7 Å². The van der Waals surface area contributed by atoms with Crippen LogP contribution in [0.3, 0.4) is 0 Å². The topological polar surface area (TPSA) is 60.5 Å². The van der Waals surface area contributed by atoms with E-state index in [4.69, 9.17) is 9.47 Å². The Morgan fingerprint density at radius 1 is 1.27 bits per heavy atom. The van der Waals surface area contributed by atoms with E-state index in [0.29, 0.717) is 11.7 Å². The fourth-order valence-electron chi connectivity index (χ4n) is 2.51. The number of benzene rings is 2. The molecule has 0 aliphatic rings. The summed E-state index contributed by atoms with van der Waals surface area (Å²) in [6.07, 6.45) is 3.22. The van der Waals surface area contributed by atoms with Crippen LogP contribution in [-0.2, 0) is 4.79 Å². The molecule has 2 aromatic carbocycles. The fraction of sp³-hybridized carbons (Fsp3) is 0.200. The summed E-state index contributed by atoms with van der Waals surface area (Å²) in [5.74, 6) is 1.29. The van der Waals surface area contributed by atoms with Crippen LogP contribution in [0.2, 0.25) is 0 Å². The molecule has 26 heavy (non-hydrogen) atoms. The van der Waals surface area contributed by atoms with Crippen molar-refractivity contribution in [1.29, 1.82) is 0 Å². The number of methoxy groups -OCH3 is 1. The van der Waals surface area contributed by atoms with Crippen molar-refractivity contribution in [3.8, 4) is 11.5 Å². The minimum absolute atomic E-state index is 0.238. The Morgan fingerprint density at radius 3 is 2.88 bits per heavy atom. The quantitative estimate of drug-likeness (QED) is 0.643. The number of ether oxygens (including phenoxy) is 2. The first-order valence-electron chi connectivity index (χ1n) is 8.26. The third-order valence-electron chi connectivity index (χ3n) is 3.70. The molecule has 0 saturated heterocycles. The van der Waals surface area contributed by atoms with Crippen LogP contribution in [0.15, 0.2) is 42.5 Å². The first kappa shape index (κ1) is 17.9. The van der Waals surface area contributed by atoms with Crippen molar-refractivity contribution < 1.29 is 14.3 Å². The van der Waals surface area contributed by atoms with Gasteiger partial charge in [-0.1, -0.05) is 23.0 Å². The summed E-state index contributed by atoms with van der Waals surface area (Å²) in [4.78, 5) is 16.6. The van der Waals surface area contributed by atoms with E-state index in [2.05, 4.69) is 10.3 Å². The largest absolute Gasteiger partial charge is 0.496 e. The van der Waals surface area contributed by atoms with Gasteiger partial charge in [0.05, 0.1) is 23.9 Å². The molecule has 0 saturated carbocycles. The SMILES string of the molecule is CCOc1ccc2nc(NC(=O)/C=C/c3cc(C)ccc3OC)sc2c1. The number of nitrogens with one attached hydrogen (secondary N) is 1. The number of aryl methyl sites for hydroxylation is 1. The molecular weight excluding hydrogens is 348 g/mol. The Labute approximate surface area is 156 Å². The molecule has 3 aromatic rings. The van der Waals surface area contributed by atoms with Gasteiger partial charge in [0.25, 0.3) is 0 Å². The maximum atomic E-state index is 12.2. The fourth-order valence-corrected chi connectivity index (χ4v) is 3.41. The molecule has 0 unspecified atom stereocenters. The van der Waals surface area contributed by atoms with Crippen molar-refractivity contribution in [2.24, 2.45) is 0 Å². The summed E-state index contributed by atoms with van der Waals surface area (Å²) < 4.78 is 11.8. The second-order valence-electron chi connectivity index (χ2n) is 5.65. The minimum Gasteiger partial charge on any atom is -0.496 e.